The molecule has 0 bridgehead atoms. The number of nitrogens with zero attached hydrogens (tertiary/aromatic N) is 3. The Bertz CT molecular complexity index is 458. The van der Waals surface area contributed by atoms with Gasteiger partial charge in [-0.1, -0.05) is 6.92 Å². The summed E-state index contributed by atoms with van der Waals surface area (Å²) in [6, 6.07) is 3.40. The molecule has 0 saturated carbocycles. The van der Waals surface area contributed by atoms with Crippen LogP contribution in [-0.4, -0.2) is 58.6 Å². The molecule has 1 saturated heterocycles. The van der Waals surface area contributed by atoms with Crippen molar-refractivity contribution in [2.75, 3.05) is 32.7 Å². The lowest BCUT2D eigenvalue weighted by Crippen LogP contribution is -2.48. The minimum absolute atomic E-state index is 0.191. The van der Waals surface area contributed by atoms with Crippen molar-refractivity contribution < 1.29 is 14.3 Å². The van der Waals surface area contributed by atoms with Crippen LogP contribution >= 0.6 is 0 Å². The average molecular weight is 295 g/mol. The SMILES string of the molecule is CCC(c1ccc(F)cn1)N1CCN(CCC(=O)O)CC1. The number of carboxylic acids is 1. The third-order valence-electron chi connectivity index (χ3n) is 3.97. The highest BCUT2D eigenvalue weighted by atomic mass is 19.1. The number of hydrogen-bond acceptors (Lipinski definition) is 4. The predicted octanol–water partition coefficient (Wildman–Crippen LogP) is 1.76. The predicted molar refractivity (Wildman–Crippen MR) is 77.5 cm³/mol. The summed E-state index contributed by atoms with van der Waals surface area (Å²) >= 11 is 0. The summed E-state index contributed by atoms with van der Waals surface area (Å²) in [6.07, 6.45) is 2.38. The van der Waals surface area contributed by atoms with E-state index in [4.69, 9.17) is 5.11 Å². The third-order valence-corrected chi connectivity index (χ3v) is 3.97. The zero-order valence-corrected chi connectivity index (χ0v) is 12.3. The van der Waals surface area contributed by atoms with Crippen LogP contribution in [-0.2, 0) is 4.79 Å². The molecule has 116 valence electrons. The molecule has 1 aromatic rings. The first-order chi connectivity index (χ1) is 10.1. The number of aliphatic carboxylic acids is 1. The van der Waals surface area contributed by atoms with Crippen LogP contribution in [0.3, 0.4) is 0 Å². The van der Waals surface area contributed by atoms with Crippen LogP contribution in [0.15, 0.2) is 18.3 Å². The van der Waals surface area contributed by atoms with Crippen LogP contribution in [0.2, 0.25) is 0 Å². The minimum Gasteiger partial charge on any atom is -0.481 e. The molecule has 6 heteroatoms. The van der Waals surface area contributed by atoms with E-state index in [0.717, 1.165) is 38.3 Å². The Kier molecular flexibility index (Phi) is 5.64. The summed E-state index contributed by atoms with van der Waals surface area (Å²) in [4.78, 5) is 19.3. The van der Waals surface area contributed by atoms with Gasteiger partial charge in [-0.3, -0.25) is 14.7 Å². The molecule has 1 N–H and O–H groups in total. The first-order valence-corrected chi connectivity index (χ1v) is 7.39. The molecule has 0 aliphatic carbocycles. The minimum atomic E-state index is -0.751. The average Bonchev–Trinajstić information content (AvgIpc) is 2.49. The Balaban J connectivity index is 1.90. The quantitative estimate of drug-likeness (QED) is 0.866. The largest absolute Gasteiger partial charge is 0.481 e. The van der Waals surface area contributed by atoms with Crippen molar-refractivity contribution in [2.45, 2.75) is 25.8 Å². The fraction of sp³-hybridized carbons (Fsp3) is 0.600. The maximum Gasteiger partial charge on any atom is 0.304 e. The van der Waals surface area contributed by atoms with E-state index in [1.807, 2.05) is 0 Å². The Labute approximate surface area is 124 Å². The molecule has 5 nitrogen and oxygen atoms in total. The van der Waals surface area contributed by atoms with Crippen molar-refractivity contribution >= 4 is 5.97 Å². The molecule has 0 amide bonds. The second-order valence-corrected chi connectivity index (χ2v) is 5.35. The van der Waals surface area contributed by atoms with Crippen molar-refractivity contribution in [1.82, 2.24) is 14.8 Å². The Hall–Kier alpha value is -1.53. The van der Waals surface area contributed by atoms with Crippen LogP contribution in [0.5, 0.6) is 0 Å². The van der Waals surface area contributed by atoms with E-state index in [9.17, 15) is 9.18 Å². The Morgan fingerprint density at radius 1 is 1.38 bits per heavy atom. The number of carboxylic acid groups (broad SMARTS) is 1. The molecule has 1 fully saturated rings. The van der Waals surface area contributed by atoms with Gasteiger partial charge in [0.25, 0.3) is 0 Å². The Morgan fingerprint density at radius 2 is 2.10 bits per heavy atom. The molecule has 1 aliphatic heterocycles. The number of piperazine rings is 1. The van der Waals surface area contributed by atoms with Crippen molar-refractivity contribution in [1.29, 1.82) is 0 Å². The third kappa shape index (κ3) is 4.47. The fourth-order valence-corrected chi connectivity index (χ4v) is 2.79. The van der Waals surface area contributed by atoms with Crippen LogP contribution in [0.4, 0.5) is 4.39 Å². The number of carbonyl (C=O) groups is 1. The first kappa shape index (κ1) is 15.9. The van der Waals surface area contributed by atoms with E-state index < -0.39 is 5.97 Å². The fourth-order valence-electron chi connectivity index (χ4n) is 2.79. The van der Waals surface area contributed by atoms with Gasteiger partial charge in [0, 0.05) is 32.7 Å². The highest BCUT2D eigenvalue weighted by Gasteiger charge is 2.24. The van der Waals surface area contributed by atoms with E-state index in [2.05, 4.69) is 21.7 Å². The summed E-state index contributed by atoms with van der Waals surface area (Å²) in [5, 5.41) is 8.72. The van der Waals surface area contributed by atoms with Gasteiger partial charge >= 0.3 is 5.97 Å². The molecule has 0 spiro atoms. The first-order valence-electron chi connectivity index (χ1n) is 7.39. The highest BCUT2D eigenvalue weighted by Crippen LogP contribution is 2.23. The van der Waals surface area contributed by atoms with Gasteiger partial charge in [-0.15, -0.1) is 0 Å². The monoisotopic (exact) mass is 295 g/mol. The molecule has 0 radical (unpaired) electrons. The van der Waals surface area contributed by atoms with Gasteiger partial charge in [-0.05, 0) is 18.6 Å². The number of hydrogen-bond donors (Lipinski definition) is 1. The molecular weight excluding hydrogens is 273 g/mol. The molecule has 0 aromatic carbocycles. The van der Waals surface area contributed by atoms with Crippen LogP contribution in [0.1, 0.15) is 31.5 Å². The molecule has 2 rings (SSSR count). The molecule has 2 heterocycles. The second-order valence-electron chi connectivity index (χ2n) is 5.35. The maximum atomic E-state index is 13.0. The number of pyridine rings is 1. The van der Waals surface area contributed by atoms with Crippen LogP contribution in [0.25, 0.3) is 0 Å². The van der Waals surface area contributed by atoms with Crippen molar-refractivity contribution in [3.63, 3.8) is 0 Å². The maximum absolute atomic E-state index is 13.0. The van der Waals surface area contributed by atoms with Gasteiger partial charge in [0.2, 0.25) is 0 Å². The van der Waals surface area contributed by atoms with Crippen LogP contribution < -0.4 is 0 Å². The normalized spacial score (nSPS) is 18.6. The van der Waals surface area contributed by atoms with Crippen molar-refractivity contribution in [2.24, 2.45) is 0 Å². The summed E-state index contributed by atoms with van der Waals surface area (Å²) < 4.78 is 13.0. The summed E-state index contributed by atoms with van der Waals surface area (Å²) in [7, 11) is 0. The zero-order valence-electron chi connectivity index (χ0n) is 12.3. The van der Waals surface area contributed by atoms with Gasteiger partial charge in [0.05, 0.1) is 24.4 Å². The molecule has 21 heavy (non-hydrogen) atoms. The number of aromatic nitrogens is 1. The van der Waals surface area contributed by atoms with Gasteiger partial charge in [-0.25, -0.2) is 4.39 Å². The van der Waals surface area contributed by atoms with Crippen LogP contribution in [0, 0.1) is 5.82 Å². The van der Waals surface area contributed by atoms with E-state index in [1.165, 1.54) is 12.3 Å². The van der Waals surface area contributed by atoms with Gasteiger partial charge in [-0.2, -0.15) is 0 Å². The molecular formula is C15H22FN3O2. The molecule has 1 aliphatic rings. The molecule has 1 atom stereocenters. The van der Waals surface area contributed by atoms with Gasteiger partial charge < -0.3 is 10.0 Å². The van der Waals surface area contributed by atoms with Gasteiger partial charge in [0.1, 0.15) is 5.82 Å². The lowest BCUT2D eigenvalue weighted by Gasteiger charge is -2.38. The lowest BCUT2D eigenvalue weighted by atomic mass is 10.1. The zero-order chi connectivity index (χ0) is 15.2. The summed E-state index contributed by atoms with van der Waals surface area (Å²) in [5.74, 6) is -1.06. The second kappa shape index (κ2) is 7.47. The Morgan fingerprint density at radius 3 is 2.62 bits per heavy atom. The number of rotatable bonds is 6. The van der Waals surface area contributed by atoms with E-state index in [0.29, 0.717) is 6.54 Å². The summed E-state index contributed by atoms with van der Waals surface area (Å²) in [6.45, 7) is 6.21. The number of halogens is 1. The smallest absolute Gasteiger partial charge is 0.304 e. The summed E-state index contributed by atoms with van der Waals surface area (Å²) in [5.41, 5.74) is 0.901. The van der Waals surface area contributed by atoms with Gasteiger partial charge in [0.15, 0.2) is 0 Å². The van der Waals surface area contributed by atoms with E-state index in [1.54, 1.807) is 6.07 Å². The van der Waals surface area contributed by atoms with E-state index >= 15 is 0 Å². The van der Waals surface area contributed by atoms with E-state index in [-0.39, 0.29) is 18.3 Å². The molecule has 1 aromatic heterocycles. The standard InChI is InChI=1S/C15H22FN3O2/c1-2-14(13-4-3-12(16)11-17-13)19-9-7-18(8-10-19)6-5-15(20)21/h3-4,11,14H,2,5-10H2,1H3,(H,20,21). The topological polar surface area (TPSA) is 56.7 Å². The highest BCUT2D eigenvalue weighted by molar-refractivity contribution is 5.66. The molecule has 1 unspecified atom stereocenters. The van der Waals surface area contributed by atoms with Crippen molar-refractivity contribution in [3.05, 3.63) is 29.8 Å². The lowest BCUT2D eigenvalue weighted by molar-refractivity contribution is -0.137. The van der Waals surface area contributed by atoms with Crippen molar-refractivity contribution in [3.8, 4) is 0 Å².